The molecule has 0 bridgehead atoms. The molecule has 0 unspecified atom stereocenters. The minimum Gasteiger partial charge on any atom is -0.480 e. The van der Waals surface area contributed by atoms with Crippen LogP contribution in [0.1, 0.15) is 0 Å². The van der Waals surface area contributed by atoms with Crippen molar-refractivity contribution in [3.05, 3.63) is 24.0 Å². The van der Waals surface area contributed by atoms with E-state index in [0.29, 0.717) is 0 Å². The maximum Gasteiger partial charge on any atom is 0.322 e. The van der Waals surface area contributed by atoms with Crippen LogP contribution >= 0.6 is 0 Å². The maximum atomic E-state index is 10.1. The lowest BCUT2D eigenvalue weighted by atomic mass is 10.3. The van der Waals surface area contributed by atoms with Crippen molar-refractivity contribution in [1.82, 2.24) is 10.6 Å². The zero-order valence-corrected chi connectivity index (χ0v) is 6.00. The molecule has 0 saturated carbocycles. The van der Waals surface area contributed by atoms with Crippen LogP contribution in [0.3, 0.4) is 0 Å². The molecule has 4 heteroatoms. The highest BCUT2D eigenvalue weighted by Gasteiger charge is 1.98. The number of carboxylic acid groups (broad SMARTS) is 1. The minimum absolute atomic E-state index is 0.0316. The first-order chi connectivity index (χ1) is 5.29. The third-order valence-electron chi connectivity index (χ3n) is 1.26. The molecule has 11 heavy (non-hydrogen) atoms. The van der Waals surface area contributed by atoms with Crippen LogP contribution in [0.4, 0.5) is 0 Å². The molecular weight excluding hydrogens is 144 g/mol. The van der Waals surface area contributed by atoms with Gasteiger partial charge in [0.05, 0.1) is 0 Å². The standard InChI is InChI=1S/C7H10N2O2/c10-7(11)5-9-6-1-3-8-4-2-6/h1-3,8-9H,4-5H2,(H,10,11). The second-order valence-corrected chi connectivity index (χ2v) is 2.15. The minimum atomic E-state index is -0.849. The van der Waals surface area contributed by atoms with Gasteiger partial charge in [0.2, 0.25) is 0 Å². The van der Waals surface area contributed by atoms with Gasteiger partial charge in [0, 0.05) is 12.2 Å². The summed E-state index contributed by atoms with van der Waals surface area (Å²) in [5.74, 6) is -0.849. The van der Waals surface area contributed by atoms with Gasteiger partial charge in [0.1, 0.15) is 6.54 Å². The van der Waals surface area contributed by atoms with Gasteiger partial charge in [-0.05, 0) is 18.4 Å². The fraction of sp³-hybridized carbons (Fsp3) is 0.286. The van der Waals surface area contributed by atoms with Crippen molar-refractivity contribution in [2.24, 2.45) is 0 Å². The summed E-state index contributed by atoms with van der Waals surface area (Å²) in [6.07, 6.45) is 5.47. The molecule has 60 valence electrons. The Kier molecular flexibility index (Phi) is 2.54. The van der Waals surface area contributed by atoms with Gasteiger partial charge in [-0.25, -0.2) is 0 Å². The summed E-state index contributed by atoms with van der Waals surface area (Å²) in [5, 5.41) is 14.0. The monoisotopic (exact) mass is 154 g/mol. The van der Waals surface area contributed by atoms with Crippen LogP contribution in [0, 0.1) is 0 Å². The number of allylic oxidation sites excluding steroid dienone is 1. The number of hydrogen-bond acceptors (Lipinski definition) is 3. The summed E-state index contributed by atoms with van der Waals surface area (Å²) in [6, 6.07) is 0. The van der Waals surface area contributed by atoms with Gasteiger partial charge >= 0.3 is 5.97 Å². The van der Waals surface area contributed by atoms with Gasteiger partial charge in [-0.15, -0.1) is 0 Å². The Morgan fingerprint density at radius 2 is 2.64 bits per heavy atom. The Morgan fingerprint density at radius 1 is 1.82 bits per heavy atom. The van der Waals surface area contributed by atoms with Crippen LogP contribution in [0.15, 0.2) is 24.0 Å². The highest BCUT2D eigenvalue weighted by molar-refractivity contribution is 5.69. The quantitative estimate of drug-likeness (QED) is 0.520. The topological polar surface area (TPSA) is 61.4 Å². The maximum absolute atomic E-state index is 10.1. The lowest BCUT2D eigenvalue weighted by molar-refractivity contribution is -0.135. The Balaban J connectivity index is 2.31. The number of nitrogens with one attached hydrogen (secondary N) is 2. The van der Waals surface area contributed by atoms with Gasteiger partial charge in [0.15, 0.2) is 0 Å². The van der Waals surface area contributed by atoms with Gasteiger partial charge in [0.25, 0.3) is 0 Å². The normalized spacial score (nSPS) is 15.1. The predicted octanol–water partition coefficient (Wildman–Crippen LogP) is -0.339. The van der Waals surface area contributed by atoms with E-state index in [1.54, 1.807) is 12.3 Å². The van der Waals surface area contributed by atoms with E-state index in [0.717, 1.165) is 12.2 Å². The molecule has 1 aliphatic heterocycles. The number of aliphatic carboxylic acids is 1. The van der Waals surface area contributed by atoms with Crippen LogP contribution in [-0.4, -0.2) is 24.2 Å². The van der Waals surface area contributed by atoms with E-state index in [4.69, 9.17) is 5.11 Å². The molecule has 0 aromatic rings. The van der Waals surface area contributed by atoms with Crippen LogP contribution in [-0.2, 0) is 4.79 Å². The van der Waals surface area contributed by atoms with E-state index in [1.165, 1.54) is 0 Å². The average molecular weight is 154 g/mol. The highest BCUT2D eigenvalue weighted by atomic mass is 16.4. The zero-order valence-electron chi connectivity index (χ0n) is 6.00. The average Bonchev–Trinajstić information content (AvgIpc) is 2.03. The van der Waals surface area contributed by atoms with Gasteiger partial charge < -0.3 is 15.7 Å². The van der Waals surface area contributed by atoms with Crippen molar-refractivity contribution in [1.29, 1.82) is 0 Å². The van der Waals surface area contributed by atoms with E-state index in [2.05, 4.69) is 10.6 Å². The Morgan fingerprint density at radius 3 is 3.18 bits per heavy atom. The molecule has 4 nitrogen and oxygen atoms in total. The number of carbonyl (C=O) groups is 1. The summed E-state index contributed by atoms with van der Waals surface area (Å²) in [6.45, 7) is 0.717. The zero-order chi connectivity index (χ0) is 8.10. The van der Waals surface area contributed by atoms with Crippen LogP contribution in [0.2, 0.25) is 0 Å². The van der Waals surface area contributed by atoms with Crippen molar-refractivity contribution in [3.63, 3.8) is 0 Å². The number of rotatable bonds is 3. The summed E-state index contributed by atoms with van der Waals surface area (Å²) < 4.78 is 0. The first-order valence-electron chi connectivity index (χ1n) is 3.35. The first-order valence-corrected chi connectivity index (χ1v) is 3.35. The van der Waals surface area contributed by atoms with Crippen molar-refractivity contribution < 1.29 is 9.90 Å². The molecule has 0 aliphatic carbocycles. The third kappa shape index (κ3) is 2.75. The van der Waals surface area contributed by atoms with Crippen molar-refractivity contribution in [2.45, 2.75) is 0 Å². The lowest BCUT2D eigenvalue weighted by Gasteiger charge is -2.08. The largest absolute Gasteiger partial charge is 0.480 e. The fourth-order valence-electron chi connectivity index (χ4n) is 0.762. The van der Waals surface area contributed by atoms with E-state index < -0.39 is 5.97 Å². The Bertz CT molecular complexity index is 208. The second-order valence-electron chi connectivity index (χ2n) is 2.15. The fourth-order valence-corrected chi connectivity index (χ4v) is 0.762. The van der Waals surface area contributed by atoms with Gasteiger partial charge in [-0.1, -0.05) is 0 Å². The molecule has 0 aromatic heterocycles. The molecule has 1 rings (SSSR count). The number of hydrogen-bond donors (Lipinski definition) is 3. The van der Waals surface area contributed by atoms with Crippen molar-refractivity contribution in [3.8, 4) is 0 Å². The summed E-state index contributed by atoms with van der Waals surface area (Å²) in [5.41, 5.74) is 0.853. The van der Waals surface area contributed by atoms with Gasteiger partial charge in [-0.3, -0.25) is 4.79 Å². The molecular formula is C7H10N2O2. The molecule has 0 fully saturated rings. The lowest BCUT2D eigenvalue weighted by Crippen LogP contribution is -2.23. The Hall–Kier alpha value is -1.45. The van der Waals surface area contributed by atoms with Crippen molar-refractivity contribution in [2.75, 3.05) is 13.1 Å². The number of dihydropyridines is 1. The molecule has 1 aliphatic rings. The first kappa shape index (κ1) is 7.65. The second kappa shape index (κ2) is 3.65. The van der Waals surface area contributed by atoms with Crippen LogP contribution < -0.4 is 10.6 Å². The summed E-state index contributed by atoms with van der Waals surface area (Å²) >= 11 is 0. The summed E-state index contributed by atoms with van der Waals surface area (Å²) in [4.78, 5) is 10.1. The predicted molar refractivity (Wildman–Crippen MR) is 40.9 cm³/mol. The number of carboxylic acids is 1. The van der Waals surface area contributed by atoms with E-state index >= 15 is 0 Å². The molecule has 0 aromatic carbocycles. The SMILES string of the molecule is O=C(O)CNC1=CCNC=C1. The molecule has 0 amide bonds. The molecule has 0 saturated heterocycles. The molecule has 0 atom stereocenters. The highest BCUT2D eigenvalue weighted by Crippen LogP contribution is 1.93. The third-order valence-corrected chi connectivity index (χ3v) is 1.26. The van der Waals surface area contributed by atoms with Crippen LogP contribution in [0.5, 0.6) is 0 Å². The van der Waals surface area contributed by atoms with Crippen molar-refractivity contribution >= 4 is 5.97 Å². The van der Waals surface area contributed by atoms with E-state index in [1.807, 2.05) is 6.08 Å². The van der Waals surface area contributed by atoms with Gasteiger partial charge in [-0.2, -0.15) is 0 Å². The molecule has 0 radical (unpaired) electrons. The van der Waals surface area contributed by atoms with E-state index in [9.17, 15) is 4.79 Å². The Labute approximate surface area is 64.6 Å². The summed E-state index contributed by atoms with van der Waals surface area (Å²) in [7, 11) is 0. The van der Waals surface area contributed by atoms with Crippen LogP contribution in [0.25, 0.3) is 0 Å². The molecule has 1 heterocycles. The smallest absolute Gasteiger partial charge is 0.322 e. The molecule has 3 N–H and O–H groups in total. The molecule has 0 spiro atoms. The van der Waals surface area contributed by atoms with E-state index in [-0.39, 0.29) is 6.54 Å².